The molecule has 2 N–H and O–H groups in total. The van der Waals surface area contributed by atoms with Gasteiger partial charge in [0.1, 0.15) is 0 Å². The van der Waals surface area contributed by atoms with Gasteiger partial charge in [-0.3, -0.25) is 10.1 Å². The molecule has 0 bridgehead atoms. The lowest BCUT2D eigenvalue weighted by Crippen LogP contribution is -2.44. The van der Waals surface area contributed by atoms with Crippen molar-refractivity contribution in [2.24, 2.45) is 0 Å². The summed E-state index contributed by atoms with van der Waals surface area (Å²) in [7, 11) is 0. The highest BCUT2D eigenvalue weighted by Gasteiger charge is 2.12. The van der Waals surface area contributed by atoms with Gasteiger partial charge in [-0.25, -0.2) is 0 Å². The first-order valence-corrected chi connectivity index (χ1v) is 3.91. The standard InChI is InChI=1S/C9H16N2O/c1-5-6-10-7-8(12)11-9(2,3)4/h1,10H,6-7H2,2-4H3,(H,11,12). The lowest BCUT2D eigenvalue weighted by molar-refractivity contribution is -0.121. The van der Waals surface area contributed by atoms with Crippen molar-refractivity contribution in [3.05, 3.63) is 0 Å². The van der Waals surface area contributed by atoms with Crippen LogP contribution in [0.3, 0.4) is 0 Å². The zero-order chi connectivity index (χ0) is 9.61. The Morgan fingerprint density at radius 2 is 2.08 bits per heavy atom. The van der Waals surface area contributed by atoms with Crippen molar-refractivity contribution >= 4 is 5.91 Å². The molecule has 0 aliphatic rings. The first-order chi connectivity index (χ1) is 5.45. The van der Waals surface area contributed by atoms with Gasteiger partial charge in [-0.15, -0.1) is 6.42 Å². The van der Waals surface area contributed by atoms with Gasteiger partial charge in [0.05, 0.1) is 13.1 Å². The minimum Gasteiger partial charge on any atom is -0.350 e. The smallest absolute Gasteiger partial charge is 0.234 e. The first-order valence-electron chi connectivity index (χ1n) is 3.91. The Morgan fingerprint density at radius 3 is 2.50 bits per heavy atom. The predicted octanol–water partition coefficient (Wildman–Crippen LogP) is 0.124. The molecular weight excluding hydrogens is 152 g/mol. The first kappa shape index (κ1) is 11.0. The van der Waals surface area contributed by atoms with E-state index >= 15 is 0 Å². The molecule has 0 aromatic carbocycles. The summed E-state index contributed by atoms with van der Waals surface area (Å²) in [5, 5.41) is 5.62. The van der Waals surface area contributed by atoms with Gasteiger partial charge in [-0.2, -0.15) is 0 Å². The van der Waals surface area contributed by atoms with Crippen LogP contribution in [-0.2, 0) is 4.79 Å². The number of hydrogen-bond donors (Lipinski definition) is 2. The average Bonchev–Trinajstić information content (AvgIpc) is 1.84. The van der Waals surface area contributed by atoms with E-state index in [0.717, 1.165) is 0 Å². The summed E-state index contributed by atoms with van der Waals surface area (Å²) in [5.41, 5.74) is -0.172. The van der Waals surface area contributed by atoms with Crippen molar-refractivity contribution in [2.45, 2.75) is 26.3 Å². The van der Waals surface area contributed by atoms with Gasteiger partial charge in [0.15, 0.2) is 0 Å². The summed E-state index contributed by atoms with van der Waals surface area (Å²) in [6, 6.07) is 0. The highest BCUT2D eigenvalue weighted by atomic mass is 16.2. The maximum absolute atomic E-state index is 11.1. The van der Waals surface area contributed by atoms with Crippen LogP contribution in [0.5, 0.6) is 0 Å². The third kappa shape index (κ3) is 7.10. The summed E-state index contributed by atoms with van der Waals surface area (Å²) < 4.78 is 0. The molecule has 0 unspecified atom stereocenters. The highest BCUT2D eigenvalue weighted by Crippen LogP contribution is 1.96. The van der Waals surface area contributed by atoms with Crippen LogP contribution < -0.4 is 10.6 Å². The average molecular weight is 168 g/mol. The fourth-order valence-electron chi connectivity index (χ4n) is 0.711. The topological polar surface area (TPSA) is 41.1 Å². The van der Waals surface area contributed by atoms with Crippen molar-refractivity contribution in [2.75, 3.05) is 13.1 Å². The molecule has 3 heteroatoms. The fourth-order valence-corrected chi connectivity index (χ4v) is 0.711. The van der Waals surface area contributed by atoms with E-state index < -0.39 is 0 Å². The van der Waals surface area contributed by atoms with Crippen LogP contribution in [0, 0.1) is 12.3 Å². The normalized spacial score (nSPS) is 10.5. The molecule has 0 rings (SSSR count). The molecule has 0 radical (unpaired) electrons. The van der Waals surface area contributed by atoms with Gasteiger partial charge in [-0.1, -0.05) is 5.92 Å². The minimum atomic E-state index is -0.172. The summed E-state index contributed by atoms with van der Waals surface area (Å²) in [6.45, 7) is 6.52. The van der Waals surface area contributed by atoms with Gasteiger partial charge in [-0.05, 0) is 20.8 Å². The Kier molecular flexibility index (Phi) is 4.38. The van der Waals surface area contributed by atoms with Gasteiger partial charge in [0, 0.05) is 5.54 Å². The van der Waals surface area contributed by atoms with Gasteiger partial charge in [0.25, 0.3) is 0 Å². The number of rotatable bonds is 3. The number of carbonyl (C=O) groups is 1. The van der Waals surface area contributed by atoms with E-state index in [1.807, 2.05) is 20.8 Å². The Labute approximate surface area is 73.9 Å². The lowest BCUT2D eigenvalue weighted by atomic mass is 10.1. The second-order valence-electron chi connectivity index (χ2n) is 3.61. The zero-order valence-corrected chi connectivity index (χ0v) is 7.90. The molecule has 12 heavy (non-hydrogen) atoms. The van der Waals surface area contributed by atoms with Crippen LogP contribution in [0.25, 0.3) is 0 Å². The monoisotopic (exact) mass is 168 g/mol. The van der Waals surface area contributed by atoms with Crippen LogP contribution in [-0.4, -0.2) is 24.5 Å². The summed E-state index contributed by atoms with van der Waals surface area (Å²) in [4.78, 5) is 11.1. The van der Waals surface area contributed by atoms with Crippen molar-refractivity contribution in [3.8, 4) is 12.3 Å². The number of hydrogen-bond acceptors (Lipinski definition) is 2. The van der Waals surface area contributed by atoms with Crippen molar-refractivity contribution in [3.63, 3.8) is 0 Å². The number of nitrogens with one attached hydrogen (secondary N) is 2. The second-order valence-corrected chi connectivity index (χ2v) is 3.61. The highest BCUT2D eigenvalue weighted by molar-refractivity contribution is 5.78. The summed E-state index contributed by atoms with van der Waals surface area (Å²) in [6.07, 6.45) is 5.00. The fraction of sp³-hybridized carbons (Fsp3) is 0.667. The molecule has 0 atom stereocenters. The predicted molar refractivity (Wildman–Crippen MR) is 49.6 cm³/mol. The van der Waals surface area contributed by atoms with E-state index in [-0.39, 0.29) is 18.0 Å². The van der Waals surface area contributed by atoms with Crippen LogP contribution in [0.15, 0.2) is 0 Å². The quantitative estimate of drug-likeness (QED) is 0.464. The Bertz CT molecular complexity index is 186. The Morgan fingerprint density at radius 1 is 1.50 bits per heavy atom. The molecule has 0 saturated carbocycles. The van der Waals surface area contributed by atoms with Crippen molar-refractivity contribution in [1.82, 2.24) is 10.6 Å². The van der Waals surface area contributed by atoms with Crippen LogP contribution in [0.2, 0.25) is 0 Å². The molecule has 0 aliphatic heterocycles. The number of amides is 1. The van der Waals surface area contributed by atoms with Crippen LogP contribution in [0.1, 0.15) is 20.8 Å². The van der Waals surface area contributed by atoms with E-state index in [4.69, 9.17) is 6.42 Å². The van der Waals surface area contributed by atoms with Crippen molar-refractivity contribution < 1.29 is 4.79 Å². The van der Waals surface area contributed by atoms with Crippen molar-refractivity contribution in [1.29, 1.82) is 0 Å². The number of terminal acetylenes is 1. The third-order valence-electron chi connectivity index (χ3n) is 1.03. The van der Waals surface area contributed by atoms with Gasteiger partial charge >= 0.3 is 0 Å². The third-order valence-corrected chi connectivity index (χ3v) is 1.03. The minimum absolute atomic E-state index is 0.0299. The molecule has 0 fully saturated rings. The molecule has 68 valence electrons. The molecule has 0 spiro atoms. The van der Waals surface area contributed by atoms with E-state index in [0.29, 0.717) is 6.54 Å². The van der Waals surface area contributed by atoms with Gasteiger partial charge in [0.2, 0.25) is 5.91 Å². The maximum atomic E-state index is 11.1. The maximum Gasteiger partial charge on any atom is 0.234 e. The lowest BCUT2D eigenvalue weighted by Gasteiger charge is -2.20. The molecule has 1 amide bonds. The molecule has 0 aliphatic carbocycles. The molecule has 0 aromatic rings. The van der Waals surface area contributed by atoms with Gasteiger partial charge < -0.3 is 5.32 Å². The van der Waals surface area contributed by atoms with E-state index in [1.165, 1.54) is 0 Å². The van der Waals surface area contributed by atoms with E-state index in [1.54, 1.807) is 0 Å². The second kappa shape index (κ2) is 4.78. The molecule has 0 aromatic heterocycles. The summed E-state index contributed by atoms with van der Waals surface area (Å²) >= 11 is 0. The van der Waals surface area contributed by atoms with E-state index in [2.05, 4.69) is 16.6 Å². The summed E-state index contributed by atoms with van der Waals surface area (Å²) in [5.74, 6) is 2.36. The Balaban J connectivity index is 3.56. The molecule has 3 nitrogen and oxygen atoms in total. The molecule has 0 heterocycles. The van der Waals surface area contributed by atoms with Crippen LogP contribution in [0.4, 0.5) is 0 Å². The largest absolute Gasteiger partial charge is 0.350 e. The van der Waals surface area contributed by atoms with Crippen LogP contribution >= 0.6 is 0 Å². The molecular formula is C9H16N2O. The number of carbonyl (C=O) groups excluding carboxylic acids is 1. The Hall–Kier alpha value is -1.01. The van der Waals surface area contributed by atoms with E-state index in [9.17, 15) is 4.79 Å². The SMILES string of the molecule is C#CCNCC(=O)NC(C)(C)C. The zero-order valence-electron chi connectivity index (χ0n) is 7.90. The molecule has 0 saturated heterocycles.